The number of sulfone groups is 1. The van der Waals surface area contributed by atoms with Crippen LogP contribution in [-0.2, 0) is 19.4 Å². The van der Waals surface area contributed by atoms with Crippen molar-refractivity contribution in [3.63, 3.8) is 0 Å². The van der Waals surface area contributed by atoms with Gasteiger partial charge in [0.15, 0.2) is 9.84 Å². The van der Waals surface area contributed by atoms with Crippen molar-refractivity contribution < 1.29 is 22.7 Å². The maximum atomic E-state index is 13.2. The standard InChI is InChI=1S/C25H30N2O5S/c1-17-16-26(25(29)32-21-7-5-4-6-8-21)24-15-20(11-14-23(24)27(17)18(2)28)19-9-12-22(13-10-19)33(3,30)31/h9-15,17,21H,4-8,16H2,1-3H3/t17-/m0/s1. The van der Waals surface area contributed by atoms with Crippen molar-refractivity contribution in [2.24, 2.45) is 0 Å². The number of carbonyl (C=O) groups excluding carboxylic acids is 2. The van der Waals surface area contributed by atoms with Crippen LogP contribution in [0, 0.1) is 0 Å². The highest BCUT2D eigenvalue weighted by Gasteiger charge is 2.35. The number of hydrogen-bond acceptors (Lipinski definition) is 5. The van der Waals surface area contributed by atoms with Crippen molar-refractivity contribution in [1.82, 2.24) is 0 Å². The Balaban J connectivity index is 1.70. The molecule has 2 aromatic rings. The molecule has 7 nitrogen and oxygen atoms in total. The number of ether oxygens (including phenoxy) is 1. The van der Waals surface area contributed by atoms with E-state index >= 15 is 0 Å². The summed E-state index contributed by atoms with van der Waals surface area (Å²) in [6, 6.07) is 12.0. The van der Waals surface area contributed by atoms with Gasteiger partial charge in [-0.25, -0.2) is 13.2 Å². The molecule has 33 heavy (non-hydrogen) atoms. The van der Waals surface area contributed by atoms with E-state index in [2.05, 4.69) is 0 Å². The summed E-state index contributed by atoms with van der Waals surface area (Å²) in [6.45, 7) is 3.78. The van der Waals surface area contributed by atoms with E-state index in [4.69, 9.17) is 4.74 Å². The third-order valence-electron chi connectivity index (χ3n) is 6.41. The van der Waals surface area contributed by atoms with Gasteiger partial charge in [-0.1, -0.05) is 24.6 Å². The van der Waals surface area contributed by atoms with Gasteiger partial charge in [-0.15, -0.1) is 0 Å². The van der Waals surface area contributed by atoms with E-state index in [9.17, 15) is 18.0 Å². The Morgan fingerprint density at radius 2 is 1.58 bits per heavy atom. The molecule has 0 spiro atoms. The average molecular weight is 471 g/mol. The van der Waals surface area contributed by atoms with Gasteiger partial charge in [0.1, 0.15) is 6.10 Å². The summed E-state index contributed by atoms with van der Waals surface area (Å²) in [4.78, 5) is 29.2. The lowest BCUT2D eigenvalue weighted by Crippen LogP contribution is -2.52. The monoisotopic (exact) mass is 470 g/mol. The zero-order chi connectivity index (χ0) is 23.8. The predicted molar refractivity (Wildman–Crippen MR) is 128 cm³/mol. The SMILES string of the molecule is CC(=O)N1c2ccc(-c3ccc(S(C)(=O)=O)cc3)cc2N(C(=O)OC2CCCCC2)C[C@@H]1C. The van der Waals surface area contributed by atoms with Crippen LogP contribution < -0.4 is 9.80 Å². The van der Waals surface area contributed by atoms with Crippen LogP contribution >= 0.6 is 0 Å². The van der Waals surface area contributed by atoms with Crippen LogP contribution in [0.2, 0.25) is 0 Å². The Morgan fingerprint density at radius 1 is 0.939 bits per heavy atom. The van der Waals surface area contributed by atoms with Crippen molar-refractivity contribution in [3.05, 3.63) is 42.5 Å². The van der Waals surface area contributed by atoms with E-state index in [-0.39, 0.29) is 29.0 Å². The molecule has 1 heterocycles. The molecule has 2 aliphatic rings. The summed E-state index contributed by atoms with van der Waals surface area (Å²) in [7, 11) is -3.29. The molecule has 1 fully saturated rings. The van der Waals surface area contributed by atoms with Crippen molar-refractivity contribution in [3.8, 4) is 11.1 Å². The maximum Gasteiger partial charge on any atom is 0.414 e. The highest BCUT2D eigenvalue weighted by Crippen LogP contribution is 2.39. The smallest absolute Gasteiger partial charge is 0.414 e. The Labute approximate surface area is 195 Å². The Kier molecular flexibility index (Phi) is 6.47. The third kappa shape index (κ3) is 4.90. The molecule has 1 aliphatic carbocycles. The number of nitrogens with zero attached hydrogens (tertiary/aromatic N) is 2. The molecule has 0 unspecified atom stereocenters. The van der Waals surface area contributed by atoms with E-state index in [0.29, 0.717) is 17.9 Å². The molecule has 2 aromatic carbocycles. The van der Waals surface area contributed by atoms with E-state index in [1.165, 1.54) is 19.6 Å². The lowest BCUT2D eigenvalue weighted by atomic mass is 9.98. The molecule has 0 bridgehead atoms. The van der Waals surface area contributed by atoms with Gasteiger partial charge in [0.25, 0.3) is 0 Å². The fraction of sp³-hybridized carbons (Fsp3) is 0.440. The Hall–Kier alpha value is -2.87. The van der Waals surface area contributed by atoms with Crippen LogP contribution in [0.25, 0.3) is 11.1 Å². The second-order valence-electron chi connectivity index (χ2n) is 8.99. The molecule has 0 saturated heterocycles. The van der Waals surface area contributed by atoms with Crippen molar-refractivity contribution >= 4 is 33.2 Å². The summed E-state index contributed by atoms with van der Waals surface area (Å²) < 4.78 is 29.4. The predicted octanol–water partition coefficient (Wildman–Crippen LogP) is 4.79. The number of carbonyl (C=O) groups is 2. The Bertz CT molecular complexity index is 1150. The quantitative estimate of drug-likeness (QED) is 0.644. The fourth-order valence-corrected chi connectivity index (χ4v) is 5.37. The van der Waals surface area contributed by atoms with Crippen LogP contribution in [0.1, 0.15) is 46.0 Å². The van der Waals surface area contributed by atoms with E-state index in [1.54, 1.807) is 34.1 Å². The number of amides is 2. The lowest BCUT2D eigenvalue weighted by molar-refractivity contribution is -0.117. The van der Waals surface area contributed by atoms with Gasteiger partial charge in [0, 0.05) is 19.7 Å². The summed E-state index contributed by atoms with van der Waals surface area (Å²) in [5.41, 5.74) is 2.92. The molecule has 0 N–H and O–H groups in total. The number of rotatable bonds is 3. The second-order valence-corrected chi connectivity index (χ2v) is 11.0. The third-order valence-corrected chi connectivity index (χ3v) is 7.54. The highest BCUT2D eigenvalue weighted by molar-refractivity contribution is 7.90. The van der Waals surface area contributed by atoms with Crippen LogP contribution in [-0.4, -0.2) is 45.4 Å². The summed E-state index contributed by atoms with van der Waals surface area (Å²) in [5.74, 6) is -0.0886. The van der Waals surface area contributed by atoms with Gasteiger partial charge in [-0.05, 0) is 68.0 Å². The number of fused-ring (bicyclic) bond motifs is 1. The summed E-state index contributed by atoms with van der Waals surface area (Å²) in [5, 5.41) is 0. The van der Waals surface area contributed by atoms with Crippen LogP contribution in [0.4, 0.5) is 16.2 Å². The van der Waals surface area contributed by atoms with Crippen LogP contribution in [0.15, 0.2) is 47.4 Å². The van der Waals surface area contributed by atoms with E-state index < -0.39 is 9.84 Å². The van der Waals surface area contributed by atoms with Crippen LogP contribution in [0.3, 0.4) is 0 Å². The van der Waals surface area contributed by atoms with E-state index in [1.807, 2.05) is 25.1 Å². The first-order chi connectivity index (χ1) is 15.6. The van der Waals surface area contributed by atoms with Crippen molar-refractivity contribution in [2.45, 2.75) is 63.0 Å². The molecule has 1 aliphatic heterocycles. The molecular formula is C25H30N2O5S. The molecule has 1 atom stereocenters. The van der Waals surface area contributed by atoms with Gasteiger partial charge in [0.2, 0.25) is 5.91 Å². The first-order valence-electron chi connectivity index (χ1n) is 11.4. The van der Waals surface area contributed by atoms with E-state index in [0.717, 1.165) is 36.8 Å². The summed E-state index contributed by atoms with van der Waals surface area (Å²) in [6.07, 6.45) is 5.79. The van der Waals surface area contributed by atoms with Gasteiger partial charge in [-0.2, -0.15) is 0 Å². The van der Waals surface area contributed by atoms with Crippen molar-refractivity contribution in [1.29, 1.82) is 0 Å². The first kappa shape index (κ1) is 23.3. The normalized spacial score (nSPS) is 19.2. The zero-order valence-corrected chi connectivity index (χ0v) is 20.1. The molecule has 8 heteroatoms. The topological polar surface area (TPSA) is 84.0 Å². The largest absolute Gasteiger partial charge is 0.446 e. The summed E-state index contributed by atoms with van der Waals surface area (Å²) >= 11 is 0. The molecule has 0 radical (unpaired) electrons. The molecule has 176 valence electrons. The zero-order valence-electron chi connectivity index (χ0n) is 19.3. The van der Waals surface area contributed by atoms with Gasteiger partial charge in [-0.3, -0.25) is 9.69 Å². The second kappa shape index (κ2) is 9.17. The number of benzene rings is 2. The highest BCUT2D eigenvalue weighted by atomic mass is 32.2. The fourth-order valence-electron chi connectivity index (χ4n) is 4.74. The van der Waals surface area contributed by atoms with Gasteiger partial charge < -0.3 is 9.64 Å². The first-order valence-corrected chi connectivity index (χ1v) is 13.3. The molecule has 1 saturated carbocycles. The number of anilines is 2. The Morgan fingerprint density at radius 3 is 2.18 bits per heavy atom. The van der Waals surface area contributed by atoms with Crippen LogP contribution in [0.5, 0.6) is 0 Å². The average Bonchev–Trinajstić information content (AvgIpc) is 2.78. The minimum absolute atomic E-state index is 0.0671. The van der Waals surface area contributed by atoms with Gasteiger partial charge in [0.05, 0.1) is 22.3 Å². The number of hydrogen-bond donors (Lipinski definition) is 0. The molecule has 4 rings (SSSR count). The minimum Gasteiger partial charge on any atom is -0.446 e. The lowest BCUT2D eigenvalue weighted by Gasteiger charge is -2.41. The minimum atomic E-state index is -3.29. The molecular weight excluding hydrogens is 440 g/mol. The maximum absolute atomic E-state index is 13.2. The van der Waals surface area contributed by atoms with Gasteiger partial charge >= 0.3 is 6.09 Å². The molecule has 2 amide bonds. The molecule has 0 aromatic heterocycles. The van der Waals surface area contributed by atoms with Crippen molar-refractivity contribution in [2.75, 3.05) is 22.6 Å².